The van der Waals surface area contributed by atoms with Gasteiger partial charge in [0, 0.05) is 18.8 Å². The Morgan fingerprint density at radius 3 is 2.67 bits per heavy atom. The summed E-state index contributed by atoms with van der Waals surface area (Å²) in [5.74, 6) is 0.406. The van der Waals surface area contributed by atoms with Crippen LogP contribution in [0.3, 0.4) is 0 Å². The van der Waals surface area contributed by atoms with Crippen molar-refractivity contribution in [1.82, 2.24) is 10.3 Å². The van der Waals surface area contributed by atoms with Crippen LogP contribution in [0.4, 0.5) is 4.39 Å². The third-order valence-corrected chi connectivity index (χ3v) is 2.24. The van der Waals surface area contributed by atoms with Crippen molar-refractivity contribution in [3.8, 4) is 0 Å². The number of nitrogens with one attached hydrogen (secondary N) is 1. The highest BCUT2D eigenvalue weighted by Crippen LogP contribution is 2.05. The van der Waals surface area contributed by atoms with E-state index in [4.69, 9.17) is 0 Å². The van der Waals surface area contributed by atoms with Crippen LogP contribution in [0.5, 0.6) is 0 Å². The molecule has 2 nitrogen and oxygen atoms in total. The van der Waals surface area contributed by atoms with Crippen LogP contribution in [-0.2, 0) is 6.54 Å². The highest BCUT2D eigenvalue weighted by molar-refractivity contribution is 5.09. The molecular formula is C12H19FN2. The van der Waals surface area contributed by atoms with Gasteiger partial charge in [-0.3, -0.25) is 4.98 Å². The maximum atomic E-state index is 12.8. The van der Waals surface area contributed by atoms with Crippen LogP contribution >= 0.6 is 0 Å². The first kappa shape index (κ1) is 12.1. The van der Waals surface area contributed by atoms with E-state index in [1.165, 1.54) is 12.3 Å². The molecule has 1 atom stereocenters. The molecule has 1 aromatic heterocycles. The monoisotopic (exact) mass is 210 g/mol. The molecule has 0 aromatic carbocycles. The first-order valence-electron chi connectivity index (χ1n) is 5.40. The largest absolute Gasteiger partial charge is 0.310 e. The summed E-state index contributed by atoms with van der Waals surface area (Å²) in [7, 11) is 0. The topological polar surface area (TPSA) is 24.9 Å². The second-order valence-corrected chi connectivity index (χ2v) is 4.42. The van der Waals surface area contributed by atoms with Gasteiger partial charge in [-0.05, 0) is 30.9 Å². The number of pyridine rings is 1. The van der Waals surface area contributed by atoms with E-state index in [1.54, 1.807) is 6.20 Å². The second-order valence-electron chi connectivity index (χ2n) is 4.42. The predicted molar refractivity (Wildman–Crippen MR) is 60.0 cm³/mol. The average molecular weight is 210 g/mol. The van der Waals surface area contributed by atoms with E-state index in [-0.39, 0.29) is 5.82 Å². The molecule has 15 heavy (non-hydrogen) atoms. The highest BCUT2D eigenvalue weighted by Gasteiger charge is 2.04. The molecule has 1 heterocycles. The van der Waals surface area contributed by atoms with Crippen molar-refractivity contribution in [2.75, 3.05) is 0 Å². The third kappa shape index (κ3) is 4.88. The van der Waals surface area contributed by atoms with Crippen LogP contribution in [0.25, 0.3) is 0 Å². The van der Waals surface area contributed by atoms with Gasteiger partial charge in [0.15, 0.2) is 0 Å². The van der Waals surface area contributed by atoms with Crippen molar-refractivity contribution in [1.29, 1.82) is 0 Å². The van der Waals surface area contributed by atoms with Crippen LogP contribution in [0.2, 0.25) is 0 Å². The molecule has 0 radical (unpaired) electrons. The van der Waals surface area contributed by atoms with Crippen LogP contribution < -0.4 is 5.32 Å². The van der Waals surface area contributed by atoms with Crippen LogP contribution in [0.1, 0.15) is 32.8 Å². The molecule has 1 N–H and O–H groups in total. The van der Waals surface area contributed by atoms with E-state index in [0.717, 1.165) is 12.0 Å². The van der Waals surface area contributed by atoms with Crippen LogP contribution in [0.15, 0.2) is 18.5 Å². The normalized spacial score (nSPS) is 13.1. The van der Waals surface area contributed by atoms with Crippen molar-refractivity contribution in [2.45, 2.75) is 39.8 Å². The molecular weight excluding hydrogens is 191 g/mol. The van der Waals surface area contributed by atoms with Crippen molar-refractivity contribution < 1.29 is 4.39 Å². The van der Waals surface area contributed by atoms with E-state index in [1.807, 2.05) is 0 Å². The zero-order chi connectivity index (χ0) is 11.3. The average Bonchev–Trinajstić information content (AvgIpc) is 2.14. The number of aromatic nitrogens is 1. The second kappa shape index (κ2) is 5.81. The zero-order valence-corrected chi connectivity index (χ0v) is 9.63. The van der Waals surface area contributed by atoms with Crippen LogP contribution in [0, 0.1) is 11.7 Å². The zero-order valence-electron chi connectivity index (χ0n) is 9.63. The standard InChI is InChI=1S/C12H19FN2/c1-9(2)4-10(3)15-7-11-5-12(13)8-14-6-11/h5-6,8-10,15H,4,7H2,1-3H3. The highest BCUT2D eigenvalue weighted by atomic mass is 19.1. The molecule has 1 unspecified atom stereocenters. The SMILES string of the molecule is CC(C)CC(C)NCc1cncc(F)c1. The molecule has 1 rings (SSSR count). The lowest BCUT2D eigenvalue weighted by Crippen LogP contribution is -2.26. The predicted octanol–water partition coefficient (Wildman–Crippen LogP) is 2.74. The summed E-state index contributed by atoms with van der Waals surface area (Å²) < 4.78 is 12.8. The lowest BCUT2D eigenvalue weighted by molar-refractivity contribution is 0.440. The molecule has 1 aromatic rings. The Morgan fingerprint density at radius 2 is 2.07 bits per heavy atom. The molecule has 0 aliphatic heterocycles. The lowest BCUT2D eigenvalue weighted by Gasteiger charge is -2.15. The van der Waals surface area contributed by atoms with Gasteiger partial charge in [0.2, 0.25) is 0 Å². The molecule has 3 heteroatoms. The maximum Gasteiger partial charge on any atom is 0.141 e. The summed E-state index contributed by atoms with van der Waals surface area (Å²) in [6.07, 6.45) is 4.04. The minimum absolute atomic E-state index is 0.272. The van der Waals surface area contributed by atoms with Crippen molar-refractivity contribution in [2.24, 2.45) is 5.92 Å². The smallest absolute Gasteiger partial charge is 0.141 e. The molecule has 0 aliphatic rings. The summed E-state index contributed by atoms with van der Waals surface area (Å²) in [6.45, 7) is 7.22. The quantitative estimate of drug-likeness (QED) is 0.808. The molecule has 0 amide bonds. The Labute approximate surface area is 90.9 Å². The summed E-state index contributed by atoms with van der Waals surface area (Å²) in [6, 6.07) is 1.97. The van der Waals surface area contributed by atoms with Gasteiger partial charge in [-0.25, -0.2) is 4.39 Å². The first-order valence-corrected chi connectivity index (χ1v) is 5.40. The molecule has 0 saturated heterocycles. The fourth-order valence-corrected chi connectivity index (χ4v) is 1.64. The minimum atomic E-state index is -0.272. The molecule has 0 spiro atoms. The summed E-state index contributed by atoms with van der Waals surface area (Å²) in [5.41, 5.74) is 0.894. The molecule has 0 aliphatic carbocycles. The van der Waals surface area contributed by atoms with Gasteiger partial charge in [-0.1, -0.05) is 13.8 Å². The Kier molecular flexibility index (Phi) is 4.69. The summed E-state index contributed by atoms with van der Waals surface area (Å²) >= 11 is 0. The van der Waals surface area contributed by atoms with E-state index < -0.39 is 0 Å². The molecule has 84 valence electrons. The number of hydrogen-bond donors (Lipinski definition) is 1. The molecule has 0 saturated carbocycles. The van der Waals surface area contributed by atoms with E-state index >= 15 is 0 Å². The Bertz CT molecular complexity index is 299. The number of rotatable bonds is 5. The third-order valence-electron chi connectivity index (χ3n) is 2.24. The Hall–Kier alpha value is -0.960. The van der Waals surface area contributed by atoms with Crippen molar-refractivity contribution in [3.63, 3.8) is 0 Å². The summed E-state index contributed by atoms with van der Waals surface area (Å²) in [5, 5.41) is 3.35. The fourth-order valence-electron chi connectivity index (χ4n) is 1.64. The lowest BCUT2D eigenvalue weighted by atomic mass is 10.1. The van der Waals surface area contributed by atoms with E-state index in [0.29, 0.717) is 18.5 Å². The van der Waals surface area contributed by atoms with Gasteiger partial charge in [0.05, 0.1) is 6.20 Å². The van der Waals surface area contributed by atoms with Gasteiger partial charge >= 0.3 is 0 Å². The van der Waals surface area contributed by atoms with Gasteiger partial charge < -0.3 is 5.32 Å². The van der Waals surface area contributed by atoms with E-state index in [9.17, 15) is 4.39 Å². The molecule has 0 fully saturated rings. The van der Waals surface area contributed by atoms with Crippen molar-refractivity contribution >= 4 is 0 Å². The Balaban J connectivity index is 2.36. The van der Waals surface area contributed by atoms with Crippen molar-refractivity contribution in [3.05, 3.63) is 29.8 Å². The van der Waals surface area contributed by atoms with Gasteiger partial charge in [-0.2, -0.15) is 0 Å². The van der Waals surface area contributed by atoms with Crippen LogP contribution in [-0.4, -0.2) is 11.0 Å². The Morgan fingerprint density at radius 1 is 1.33 bits per heavy atom. The van der Waals surface area contributed by atoms with Gasteiger partial charge in [0.1, 0.15) is 5.82 Å². The minimum Gasteiger partial charge on any atom is -0.310 e. The number of halogens is 1. The maximum absolute atomic E-state index is 12.8. The molecule has 0 bridgehead atoms. The summed E-state index contributed by atoms with van der Waals surface area (Å²) in [4.78, 5) is 3.81. The number of nitrogens with zero attached hydrogens (tertiary/aromatic N) is 1. The first-order chi connectivity index (χ1) is 7.08. The van der Waals surface area contributed by atoms with Gasteiger partial charge in [-0.15, -0.1) is 0 Å². The fraction of sp³-hybridized carbons (Fsp3) is 0.583. The van der Waals surface area contributed by atoms with Gasteiger partial charge in [0.25, 0.3) is 0 Å². The number of hydrogen-bond acceptors (Lipinski definition) is 2. The van der Waals surface area contributed by atoms with E-state index in [2.05, 4.69) is 31.1 Å².